The van der Waals surface area contributed by atoms with Crippen LogP contribution in [-0.2, 0) is 20.7 Å². The smallest absolute Gasteiger partial charge is 0.309 e. The standard InChI is InChI=1S/C16H22N2O3/c1-11(2)9-17-15(19)16(20)18-10-14-13-6-4-3-5-12(13)7-8-21-14/h3-6,11,14H,7-10H2,1-2H3,(H,17,19)(H,18,20). The van der Waals surface area contributed by atoms with Crippen molar-refractivity contribution in [2.24, 2.45) is 5.92 Å². The molecule has 1 aliphatic heterocycles. The van der Waals surface area contributed by atoms with Crippen molar-refractivity contribution in [2.45, 2.75) is 26.4 Å². The lowest BCUT2D eigenvalue weighted by Gasteiger charge is -2.26. The molecular weight excluding hydrogens is 268 g/mol. The summed E-state index contributed by atoms with van der Waals surface area (Å²) in [4.78, 5) is 23.3. The quantitative estimate of drug-likeness (QED) is 0.819. The molecule has 0 saturated heterocycles. The summed E-state index contributed by atoms with van der Waals surface area (Å²) in [5.41, 5.74) is 2.33. The van der Waals surface area contributed by atoms with Crippen molar-refractivity contribution in [1.82, 2.24) is 10.6 Å². The number of rotatable bonds is 4. The highest BCUT2D eigenvalue weighted by Crippen LogP contribution is 2.26. The maximum atomic E-state index is 11.7. The summed E-state index contributed by atoms with van der Waals surface area (Å²) in [5.74, 6) is -0.884. The number of hydrogen-bond donors (Lipinski definition) is 2. The lowest BCUT2D eigenvalue weighted by Crippen LogP contribution is -2.43. The van der Waals surface area contributed by atoms with E-state index in [2.05, 4.69) is 16.7 Å². The van der Waals surface area contributed by atoms with Crippen LogP contribution in [0.15, 0.2) is 24.3 Å². The van der Waals surface area contributed by atoms with E-state index in [1.54, 1.807) is 0 Å². The van der Waals surface area contributed by atoms with Crippen molar-refractivity contribution in [2.75, 3.05) is 19.7 Å². The number of benzene rings is 1. The summed E-state index contributed by atoms with van der Waals surface area (Å²) in [6.45, 7) is 5.40. The average molecular weight is 290 g/mol. The van der Waals surface area contributed by atoms with Gasteiger partial charge in [-0.05, 0) is 23.5 Å². The first kappa shape index (κ1) is 15.5. The van der Waals surface area contributed by atoms with Crippen LogP contribution in [0.3, 0.4) is 0 Å². The Balaban J connectivity index is 1.86. The van der Waals surface area contributed by atoms with Crippen molar-refractivity contribution >= 4 is 11.8 Å². The molecule has 0 aromatic heterocycles. The minimum absolute atomic E-state index is 0.184. The molecule has 0 radical (unpaired) electrons. The third-order valence-corrected chi connectivity index (χ3v) is 3.42. The number of amides is 2. The van der Waals surface area contributed by atoms with E-state index in [9.17, 15) is 9.59 Å². The number of carbonyl (C=O) groups is 2. The van der Waals surface area contributed by atoms with Gasteiger partial charge in [-0.15, -0.1) is 0 Å². The third-order valence-electron chi connectivity index (χ3n) is 3.42. The summed E-state index contributed by atoms with van der Waals surface area (Å²) in [6.07, 6.45) is 0.701. The maximum Gasteiger partial charge on any atom is 0.309 e. The molecule has 1 unspecified atom stereocenters. The summed E-state index contributed by atoms with van der Waals surface area (Å²) >= 11 is 0. The van der Waals surface area contributed by atoms with Crippen LogP contribution < -0.4 is 10.6 Å². The first-order valence-electron chi connectivity index (χ1n) is 7.33. The molecule has 0 fully saturated rings. The third kappa shape index (κ3) is 4.29. The molecule has 2 rings (SSSR count). The second-order valence-electron chi connectivity index (χ2n) is 5.62. The van der Waals surface area contributed by atoms with Crippen molar-refractivity contribution in [1.29, 1.82) is 0 Å². The van der Waals surface area contributed by atoms with Crippen LogP contribution in [0.5, 0.6) is 0 Å². The van der Waals surface area contributed by atoms with E-state index in [-0.39, 0.29) is 6.10 Å². The molecule has 5 nitrogen and oxygen atoms in total. The van der Waals surface area contributed by atoms with E-state index in [4.69, 9.17) is 4.74 Å². The highest BCUT2D eigenvalue weighted by molar-refractivity contribution is 6.35. The predicted molar refractivity (Wildman–Crippen MR) is 79.7 cm³/mol. The second-order valence-corrected chi connectivity index (χ2v) is 5.62. The van der Waals surface area contributed by atoms with E-state index in [1.165, 1.54) is 5.56 Å². The van der Waals surface area contributed by atoms with Crippen LogP contribution in [0.4, 0.5) is 0 Å². The van der Waals surface area contributed by atoms with Gasteiger partial charge in [-0.3, -0.25) is 9.59 Å². The first-order chi connectivity index (χ1) is 10.1. The Morgan fingerprint density at radius 3 is 2.71 bits per heavy atom. The van der Waals surface area contributed by atoms with E-state index >= 15 is 0 Å². The molecule has 1 aromatic rings. The Kier molecular flexibility index (Phi) is 5.33. The van der Waals surface area contributed by atoms with Crippen LogP contribution in [0.1, 0.15) is 31.1 Å². The highest BCUT2D eigenvalue weighted by Gasteiger charge is 2.22. The largest absolute Gasteiger partial charge is 0.371 e. The summed E-state index contributed by atoms with van der Waals surface area (Å²) in [5, 5.41) is 5.24. The molecule has 21 heavy (non-hydrogen) atoms. The Labute approximate surface area is 125 Å². The zero-order valence-corrected chi connectivity index (χ0v) is 12.5. The molecule has 5 heteroatoms. The fraction of sp³-hybridized carbons (Fsp3) is 0.500. The molecule has 1 heterocycles. The van der Waals surface area contributed by atoms with Gasteiger partial charge in [0.05, 0.1) is 6.61 Å². The molecule has 2 amide bonds. The van der Waals surface area contributed by atoms with E-state index in [0.29, 0.717) is 25.6 Å². The van der Waals surface area contributed by atoms with Gasteiger partial charge in [-0.1, -0.05) is 38.1 Å². The molecule has 1 aromatic carbocycles. The number of hydrogen-bond acceptors (Lipinski definition) is 3. The lowest BCUT2D eigenvalue weighted by atomic mass is 9.97. The van der Waals surface area contributed by atoms with Crippen LogP contribution in [-0.4, -0.2) is 31.5 Å². The molecule has 114 valence electrons. The van der Waals surface area contributed by atoms with Gasteiger partial charge in [-0.2, -0.15) is 0 Å². The molecule has 1 atom stereocenters. The van der Waals surface area contributed by atoms with Gasteiger partial charge in [0, 0.05) is 13.1 Å². The Morgan fingerprint density at radius 2 is 1.95 bits per heavy atom. The number of nitrogens with one attached hydrogen (secondary N) is 2. The molecule has 0 spiro atoms. The van der Waals surface area contributed by atoms with Crippen molar-refractivity contribution in [3.63, 3.8) is 0 Å². The Bertz CT molecular complexity index is 514. The zero-order chi connectivity index (χ0) is 15.2. The molecule has 0 saturated carbocycles. The summed E-state index contributed by atoms with van der Waals surface area (Å²) in [7, 11) is 0. The van der Waals surface area contributed by atoms with Crippen molar-refractivity contribution < 1.29 is 14.3 Å². The molecule has 2 N–H and O–H groups in total. The summed E-state index contributed by atoms with van der Waals surface area (Å²) in [6, 6.07) is 8.03. The van der Waals surface area contributed by atoms with Crippen LogP contribution in [0.2, 0.25) is 0 Å². The lowest BCUT2D eigenvalue weighted by molar-refractivity contribution is -0.139. The minimum atomic E-state index is -0.609. The number of carbonyl (C=O) groups excluding carboxylic acids is 2. The molecular formula is C16H22N2O3. The van der Waals surface area contributed by atoms with Crippen LogP contribution in [0, 0.1) is 5.92 Å². The zero-order valence-electron chi connectivity index (χ0n) is 12.5. The number of ether oxygens (including phenoxy) is 1. The molecule has 0 bridgehead atoms. The van der Waals surface area contributed by atoms with Gasteiger partial charge in [0.15, 0.2) is 0 Å². The van der Waals surface area contributed by atoms with Crippen molar-refractivity contribution in [3.05, 3.63) is 35.4 Å². The normalized spacial score (nSPS) is 17.2. The van der Waals surface area contributed by atoms with Gasteiger partial charge in [-0.25, -0.2) is 0 Å². The maximum absolute atomic E-state index is 11.7. The number of fused-ring (bicyclic) bond motifs is 1. The van der Waals surface area contributed by atoms with E-state index in [1.807, 2.05) is 32.0 Å². The minimum Gasteiger partial charge on any atom is -0.371 e. The van der Waals surface area contributed by atoms with Gasteiger partial charge < -0.3 is 15.4 Å². The fourth-order valence-electron chi connectivity index (χ4n) is 2.29. The van der Waals surface area contributed by atoms with Gasteiger partial charge in [0.25, 0.3) is 0 Å². The van der Waals surface area contributed by atoms with E-state index in [0.717, 1.165) is 12.0 Å². The van der Waals surface area contributed by atoms with Crippen LogP contribution in [0.25, 0.3) is 0 Å². The van der Waals surface area contributed by atoms with Gasteiger partial charge >= 0.3 is 11.8 Å². The van der Waals surface area contributed by atoms with Gasteiger partial charge in [0.2, 0.25) is 0 Å². The Morgan fingerprint density at radius 1 is 1.24 bits per heavy atom. The predicted octanol–water partition coefficient (Wildman–Crippen LogP) is 1.19. The SMILES string of the molecule is CC(C)CNC(=O)C(=O)NCC1OCCc2ccccc21. The van der Waals surface area contributed by atoms with E-state index < -0.39 is 11.8 Å². The summed E-state index contributed by atoms with van der Waals surface area (Å²) < 4.78 is 5.69. The average Bonchev–Trinajstić information content (AvgIpc) is 2.50. The fourth-order valence-corrected chi connectivity index (χ4v) is 2.29. The molecule has 0 aliphatic carbocycles. The monoisotopic (exact) mass is 290 g/mol. The topological polar surface area (TPSA) is 67.4 Å². The second kappa shape index (κ2) is 7.22. The van der Waals surface area contributed by atoms with Crippen LogP contribution >= 0.6 is 0 Å². The highest BCUT2D eigenvalue weighted by atomic mass is 16.5. The molecule has 1 aliphatic rings. The Hall–Kier alpha value is -1.88. The first-order valence-corrected chi connectivity index (χ1v) is 7.33. The van der Waals surface area contributed by atoms with Crippen molar-refractivity contribution in [3.8, 4) is 0 Å². The van der Waals surface area contributed by atoms with Gasteiger partial charge in [0.1, 0.15) is 6.10 Å².